The number of nitrogens with zero attached hydrogens (tertiary/aromatic N) is 3. The standard InChI is InChI=1S/C28H24F5N5O/c1-37-9-10-38(27(37)34)15-16-11-19(21-3-2-8-35-25(21)28(31,32)33)13-20(12-16)26(39)36-24(17-4-5-17)18-6-7-22(29)23(30)14-18/h2-3,6-14,17,24,34H,4-5,15H2,1H3,(H,36,39)/t24-/m0/s1. The van der Waals surface area contributed by atoms with Crippen molar-refractivity contribution in [3.05, 3.63) is 107 Å². The Morgan fingerprint density at radius 2 is 1.87 bits per heavy atom. The lowest BCUT2D eigenvalue weighted by Gasteiger charge is -2.20. The summed E-state index contributed by atoms with van der Waals surface area (Å²) in [4.78, 5) is 17.0. The second-order valence-corrected chi connectivity index (χ2v) is 9.64. The molecule has 2 heterocycles. The third-order valence-electron chi connectivity index (χ3n) is 6.75. The average molecular weight is 542 g/mol. The third-order valence-corrected chi connectivity index (χ3v) is 6.75. The Morgan fingerprint density at radius 3 is 2.51 bits per heavy atom. The van der Waals surface area contributed by atoms with Crippen LogP contribution < -0.4 is 10.9 Å². The van der Waals surface area contributed by atoms with Crippen LogP contribution in [0.25, 0.3) is 11.1 Å². The molecule has 1 atom stereocenters. The molecule has 5 rings (SSSR count). The number of hydrogen-bond donors (Lipinski definition) is 2. The second kappa shape index (κ2) is 10.1. The second-order valence-electron chi connectivity index (χ2n) is 9.64. The monoisotopic (exact) mass is 541 g/mol. The first kappa shape index (κ1) is 26.3. The molecular formula is C28H24F5N5O. The van der Waals surface area contributed by atoms with Crippen molar-refractivity contribution < 1.29 is 26.7 Å². The van der Waals surface area contributed by atoms with E-state index in [0.29, 0.717) is 11.1 Å². The Hall–Kier alpha value is -4.28. The molecule has 11 heteroatoms. The first-order valence-corrected chi connectivity index (χ1v) is 12.2. The van der Waals surface area contributed by atoms with E-state index < -0.39 is 35.5 Å². The molecule has 0 saturated heterocycles. The molecule has 1 amide bonds. The third kappa shape index (κ3) is 5.62. The summed E-state index contributed by atoms with van der Waals surface area (Å²) in [6, 6.07) is 10.00. The van der Waals surface area contributed by atoms with E-state index in [4.69, 9.17) is 5.41 Å². The summed E-state index contributed by atoms with van der Waals surface area (Å²) in [6.07, 6.45) is 1.24. The Labute approximate surface area is 220 Å². The minimum absolute atomic E-state index is 0.0300. The van der Waals surface area contributed by atoms with E-state index in [1.165, 1.54) is 30.3 Å². The SMILES string of the molecule is Cn1ccn(Cc2cc(C(=O)N[C@H](c3ccc(F)c(F)c3)C3CC3)cc(-c3cccnc3C(F)(F)F)c2)c1=N. The van der Waals surface area contributed by atoms with Crippen LogP contribution in [0.5, 0.6) is 0 Å². The zero-order valence-electron chi connectivity index (χ0n) is 20.8. The molecule has 0 bridgehead atoms. The fourth-order valence-electron chi connectivity index (χ4n) is 4.62. The minimum Gasteiger partial charge on any atom is -0.345 e. The van der Waals surface area contributed by atoms with Crippen molar-refractivity contribution in [2.24, 2.45) is 13.0 Å². The fraction of sp³-hybridized carbons (Fsp3) is 0.250. The van der Waals surface area contributed by atoms with Gasteiger partial charge in [0, 0.05) is 36.8 Å². The minimum atomic E-state index is -4.72. The van der Waals surface area contributed by atoms with Crippen LogP contribution in [0.1, 0.15) is 46.1 Å². The number of benzene rings is 2. The molecule has 0 unspecified atom stereocenters. The number of aryl methyl sites for hydroxylation is 1. The molecule has 202 valence electrons. The Kier molecular flexibility index (Phi) is 6.83. The van der Waals surface area contributed by atoms with E-state index in [9.17, 15) is 26.7 Å². The first-order chi connectivity index (χ1) is 18.5. The predicted molar refractivity (Wildman–Crippen MR) is 132 cm³/mol. The highest BCUT2D eigenvalue weighted by Gasteiger charge is 2.36. The molecule has 1 aliphatic carbocycles. The largest absolute Gasteiger partial charge is 0.433 e. The maximum atomic E-state index is 13.9. The number of amides is 1. The molecule has 2 aromatic carbocycles. The zero-order chi connectivity index (χ0) is 27.9. The maximum absolute atomic E-state index is 13.9. The van der Waals surface area contributed by atoms with E-state index in [0.717, 1.165) is 31.2 Å². The molecule has 0 aliphatic heterocycles. The zero-order valence-corrected chi connectivity index (χ0v) is 20.8. The average Bonchev–Trinajstić information content (AvgIpc) is 3.70. The first-order valence-electron chi connectivity index (χ1n) is 12.2. The summed E-state index contributed by atoms with van der Waals surface area (Å²) in [7, 11) is 1.69. The number of halogens is 5. The molecule has 4 aromatic rings. The normalized spacial score (nSPS) is 14.3. The van der Waals surface area contributed by atoms with E-state index in [1.807, 2.05) is 0 Å². The number of alkyl halides is 3. The van der Waals surface area contributed by atoms with Crippen molar-refractivity contribution in [1.29, 1.82) is 5.41 Å². The molecule has 1 aliphatic rings. The van der Waals surface area contributed by atoms with Gasteiger partial charge in [0.25, 0.3) is 5.91 Å². The van der Waals surface area contributed by atoms with Crippen molar-refractivity contribution in [3.8, 4) is 11.1 Å². The number of rotatable bonds is 7. The van der Waals surface area contributed by atoms with Crippen molar-refractivity contribution in [3.63, 3.8) is 0 Å². The Bertz CT molecular complexity index is 1600. The summed E-state index contributed by atoms with van der Waals surface area (Å²) in [5.41, 5.74) is 0.0225. The van der Waals surface area contributed by atoms with Gasteiger partial charge in [0.05, 0.1) is 12.6 Å². The van der Waals surface area contributed by atoms with E-state index in [-0.39, 0.29) is 34.8 Å². The molecular weight excluding hydrogens is 517 g/mol. The van der Waals surface area contributed by atoms with Gasteiger partial charge in [0.1, 0.15) is 0 Å². The molecule has 39 heavy (non-hydrogen) atoms. The van der Waals surface area contributed by atoms with E-state index in [1.54, 1.807) is 34.6 Å². The number of imidazole rings is 1. The summed E-state index contributed by atoms with van der Waals surface area (Å²) in [6.45, 7) is 0.130. The van der Waals surface area contributed by atoms with Gasteiger partial charge in [-0.25, -0.2) is 8.78 Å². The van der Waals surface area contributed by atoms with Crippen LogP contribution >= 0.6 is 0 Å². The summed E-state index contributed by atoms with van der Waals surface area (Å²) < 4.78 is 72.0. The van der Waals surface area contributed by atoms with Crippen LogP contribution in [0, 0.1) is 23.0 Å². The highest BCUT2D eigenvalue weighted by Crippen LogP contribution is 2.42. The highest BCUT2D eigenvalue weighted by atomic mass is 19.4. The van der Waals surface area contributed by atoms with Crippen LogP contribution in [0.4, 0.5) is 22.0 Å². The van der Waals surface area contributed by atoms with Gasteiger partial charge in [-0.05, 0) is 71.8 Å². The Balaban J connectivity index is 1.56. The van der Waals surface area contributed by atoms with Crippen LogP contribution in [0.15, 0.2) is 67.1 Å². The quantitative estimate of drug-likeness (QED) is 0.299. The smallest absolute Gasteiger partial charge is 0.345 e. The van der Waals surface area contributed by atoms with Gasteiger partial charge in [-0.3, -0.25) is 15.2 Å². The van der Waals surface area contributed by atoms with Crippen LogP contribution in [-0.4, -0.2) is 20.0 Å². The van der Waals surface area contributed by atoms with Gasteiger partial charge >= 0.3 is 6.18 Å². The number of aromatic nitrogens is 3. The van der Waals surface area contributed by atoms with Crippen molar-refractivity contribution in [2.45, 2.75) is 31.6 Å². The van der Waals surface area contributed by atoms with Gasteiger partial charge < -0.3 is 14.5 Å². The lowest BCUT2D eigenvalue weighted by molar-refractivity contribution is -0.140. The van der Waals surface area contributed by atoms with Crippen LogP contribution in [0.3, 0.4) is 0 Å². The number of carbonyl (C=O) groups is 1. The van der Waals surface area contributed by atoms with Crippen LogP contribution in [-0.2, 0) is 19.8 Å². The Morgan fingerprint density at radius 1 is 1.10 bits per heavy atom. The lowest BCUT2D eigenvalue weighted by Crippen LogP contribution is -2.30. The molecule has 2 N–H and O–H groups in total. The molecule has 0 radical (unpaired) electrons. The van der Waals surface area contributed by atoms with Crippen molar-refractivity contribution in [1.82, 2.24) is 19.4 Å². The number of nitrogens with one attached hydrogen (secondary N) is 2. The van der Waals surface area contributed by atoms with Crippen LogP contribution in [0.2, 0.25) is 0 Å². The summed E-state index contributed by atoms with van der Waals surface area (Å²) in [5.74, 6) is -2.57. The summed E-state index contributed by atoms with van der Waals surface area (Å²) in [5, 5.41) is 11.1. The molecule has 1 saturated carbocycles. The van der Waals surface area contributed by atoms with E-state index in [2.05, 4.69) is 10.3 Å². The fourth-order valence-corrected chi connectivity index (χ4v) is 4.62. The van der Waals surface area contributed by atoms with E-state index >= 15 is 0 Å². The summed E-state index contributed by atoms with van der Waals surface area (Å²) >= 11 is 0. The van der Waals surface area contributed by atoms with Gasteiger partial charge in [-0.1, -0.05) is 12.1 Å². The number of carbonyl (C=O) groups excluding carboxylic acids is 1. The van der Waals surface area contributed by atoms with Gasteiger partial charge in [-0.15, -0.1) is 0 Å². The number of hydrogen-bond acceptors (Lipinski definition) is 3. The molecule has 1 fully saturated rings. The highest BCUT2D eigenvalue weighted by molar-refractivity contribution is 5.96. The molecule has 6 nitrogen and oxygen atoms in total. The molecule has 2 aromatic heterocycles. The van der Waals surface area contributed by atoms with Gasteiger partial charge in [0.15, 0.2) is 17.3 Å². The van der Waals surface area contributed by atoms with Crippen molar-refractivity contribution >= 4 is 5.91 Å². The lowest BCUT2D eigenvalue weighted by atomic mass is 9.97. The maximum Gasteiger partial charge on any atom is 0.433 e. The van der Waals surface area contributed by atoms with Gasteiger partial charge in [0.2, 0.25) is 5.62 Å². The van der Waals surface area contributed by atoms with Crippen molar-refractivity contribution in [2.75, 3.05) is 0 Å². The predicted octanol–water partition coefficient (Wildman–Crippen LogP) is 5.59. The topological polar surface area (TPSA) is 75.7 Å². The number of pyridine rings is 1. The molecule has 0 spiro atoms. The van der Waals surface area contributed by atoms with Gasteiger partial charge in [-0.2, -0.15) is 13.2 Å².